The molecule has 1 fully saturated rings. The van der Waals surface area contributed by atoms with Gasteiger partial charge in [-0.1, -0.05) is 17.7 Å². The van der Waals surface area contributed by atoms with Crippen molar-refractivity contribution >= 4 is 17.3 Å². The monoisotopic (exact) mass is 254 g/mol. The molecule has 2 N–H and O–H groups in total. The summed E-state index contributed by atoms with van der Waals surface area (Å²) >= 11 is 6.28. The minimum Gasteiger partial charge on any atom is -0.378 e. The highest BCUT2D eigenvalue weighted by atomic mass is 35.5. The summed E-state index contributed by atoms with van der Waals surface area (Å²) in [5, 5.41) is 0.811. The van der Waals surface area contributed by atoms with Gasteiger partial charge in [-0.25, -0.2) is 0 Å². The number of hydrogen-bond acceptors (Lipinski definition) is 3. The van der Waals surface area contributed by atoms with Crippen molar-refractivity contribution in [1.29, 1.82) is 0 Å². The number of hydrogen-bond donors (Lipinski definition) is 1. The Bertz CT molecular complexity index is 376. The molecule has 1 aliphatic heterocycles. The van der Waals surface area contributed by atoms with E-state index < -0.39 is 0 Å². The van der Waals surface area contributed by atoms with Gasteiger partial charge in [-0.05, 0) is 31.0 Å². The summed E-state index contributed by atoms with van der Waals surface area (Å²) < 4.78 is 5.37. The summed E-state index contributed by atoms with van der Waals surface area (Å²) in [6.07, 6.45) is 0.812. The van der Waals surface area contributed by atoms with Gasteiger partial charge in [0.2, 0.25) is 0 Å². The molecule has 2 rings (SSSR count). The summed E-state index contributed by atoms with van der Waals surface area (Å²) in [6, 6.07) is 6.17. The lowest BCUT2D eigenvalue weighted by atomic mass is 10.0. The summed E-state index contributed by atoms with van der Waals surface area (Å²) in [7, 11) is 0. The Balaban J connectivity index is 2.27. The van der Waals surface area contributed by atoms with E-state index in [0.29, 0.717) is 0 Å². The molecule has 1 heterocycles. The number of nitrogens with two attached hydrogens (primary N) is 1. The van der Waals surface area contributed by atoms with Crippen LogP contribution in [0, 0.1) is 0 Å². The Morgan fingerprint density at radius 3 is 2.76 bits per heavy atom. The van der Waals surface area contributed by atoms with Crippen LogP contribution in [0.4, 0.5) is 5.69 Å². The van der Waals surface area contributed by atoms with Gasteiger partial charge in [0.25, 0.3) is 0 Å². The van der Waals surface area contributed by atoms with E-state index in [1.807, 2.05) is 19.1 Å². The molecule has 17 heavy (non-hydrogen) atoms. The lowest BCUT2D eigenvalue weighted by Gasteiger charge is -2.31. The van der Waals surface area contributed by atoms with Gasteiger partial charge in [-0.3, -0.25) is 0 Å². The molecule has 1 unspecified atom stereocenters. The molecule has 1 atom stereocenters. The molecule has 1 aromatic carbocycles. The van der Waals surface area contributed by atoms with E-state index in [1.54, 1.807) is 0 Å². The van der Waals surface area contributed by atoms with Crippen LogP contribution in [-0.4, -0.2) is 32.3 Å². The van der Waals surface area contributed by atoms with Gasteiger partial charge in [0.15, 0.2) is 0 Å². The molecule has 0 amide bonds. The number of rotatable bonds is 3. The molecule has 3 nitrogen and oxygen atoms in total. The zero-order valence-corrected chi connectivity index (χ0v) is 10.9. The smallest absolute Gasteiger partial charge is 0.0642 e. The minimum atomic E-state index is 0.120. The number of ether oxygens (including phenoxy) is 1. The first-order valence-electron chi connectivity index (χ1n) is 6.04. The average Bonchev–Trinajstić information content (AvgIpc) is 2.32. The molecule has 1 saturated heterocycles. The first-order chi connectivity index (χ1) is 8.18. The van der Waals surface area contributed by atoms with Crippen molar-refractivity contribution in [3.05, 3.63) is 28.8 Å². The average molecular weight is 255 g/mol. The van der Waals surface area contributed by atoms with E-state index in [2.05, 4.69) is 11.0 Å². The van der Waals surface area contributed by atoms with Gasteiger partial charge in [0.05, 0.1) is 13.2 Å². The lowest BCUT2D eigenvalue weighted by molar-refractivity contribution is 0.122. The van der Waals surface area contributed by atoms with Crippen molar-refractivity contribution in [3.63, 3.8) is 0 Å². The summed E-state index contributed by atoms with van der Waals surface area (Å²) in [5.74, 6) is 0. The van der Waals surface area contributed by atoms with Gasteiger partial charge in [-0.15, -0.1) is 0 Å². The van der Waals surface area contributed by atoms with Crippen molar-refractivity contribution in [1.82, 2.24) is 0 Å². The summed E-state index contributed by atoms with van der Waals surface area (Å²) in [5.41, 5.74) is 8.25. The van der Waals surface area contributed by atoms with Crippen LogP contribution in [0.5, 0.6) is 0 Å². The topological polar surface area (TPSA) is 38.5 Å². The second-order valence-electron chi connectivity index (χ2n) is 4.52. The zero-order valence-electron chi connectivity index (χ0n) is 10.2. The highest BCUT2D eigenvalue weighted by Gasteiger charge is 2.17. The quantitative estimate of drug-likeness (QED) is 0.898. The Hall–Kier alpha value is -0.770. The van der Waals surface area contributed by atoms with Crippen LogP contribution in [-0.2, 0) is 11.2 Å². The molecule has 4 heteroatoms. The molecule has 0 spiro atoms. The zero-order chi connectivity index (χ0) is 12.3. The first kappa shape index (κ1) is 12.7. The van der Waals surface area contributed by atoms with E-state index >= 15 is 0 Å². The second-order valence-corrected chi connectivity index (χ2v) is 4.93. The SMILES string of the molecule is CC(N)Cc1c(Cl)cccc1N1CCOCC1. The van der Waals surface area contributed by atoms with E-state index in [4.69, 9.17) is 22.1 Å². The predicted octanol–water partition coefficient (Wildman–Crippen LogP) is 2.07. The number of anilines is 1. The minimum absolute atomic E-state index is 0.120. The molecule has 94 valence electrons. The third-order valence-corrected chi connectivity index (χ3v) is 3.33. The molecule has 0 saturated carbocycles. The fourth-order valence-corrected chi connectivity index (χ4v) is 2.42. The van der Waals surface area contributed by atoms with Crippen molar-refractivity contribution in [2.75, 3.05) is 31.2 Å². The molecule has 0 aliphatic carbocycles. The third-order valence-electron chi connectivity index (χ3n) is 2.97. The largest absolute Gasteiger partial charge is 0.378 e. The number of morpholine rings is 1. The highest BCUT2D eigenvalue weighted by molar-refractivity contribution is 6.31. The van der Waals surface area contributed by atoms with Crippen LogP contribution < -0.4 is 10.6 Å². The number of nitrogens with zero attached hydrogens (tertiary/aromatic N) is 1. The Morgan fingerprint density at radius 2 is 2.12 bits per heavy atom. The van der Waals surface area contributed by atoms with E-state index in [-0.39, 0.29) is 6.04 Å². The maximum absolute atomic E-state index is 6.28. The van der Waals surface area contributed by atoms with Crippen LogP contribution in [0.1, 0.15) is 12.5 Å². The van der Waals surface area contributed by atoms with Crippen LogP contribution in [0.3, 0.4) is 0 Å². The van der Waals surface area contributed by atoms with Gasteiger partial charge in [0.1, 0.15) is 0 Å². The fraction of sp³-hybridized carbons (Fsp3) is 0.538. The first-order valence-corrected chi connectivity index (χ1v) is 6.42. The van der Waals surface area contributed by atoms with Crippen molar-refractivity contribution in [2.45, 2.75) is 19.4 Å². The normalized spacial score (nSPS) is 18.2. The standard InChI is InChI=1S/C13H19ClN2O/c1-10(15)9-11-12(14)3-2-4-13(11)16-5-7-17-8-6-16/h2-4,10H,5-9,15H2,1H3. The molecular weight excluding hydrogens is 236 g/mol. The third kappa shape index (κ3) is 3.12. The molecule has 0 aromatic heterocycles. The van der Waals surface area contributed by atoms with Gasteiger partial charge in [0, 0.05) is 29.8 Å². The highest BCUT2D eigenvalue weighted by Crippen LogP contribution is 2.29. The van der Waals surface area contributed by atoms with Crippen molar-refractivity contribution < 1.29 is 4.74 Å². The molecule has 0 bridgehead atoms. The Morgan fingerprint density at radius 1 is 1.41 bits per heavy atom. The van der Waals surface area contributed by atoms with Crippen molar-refractivity contribution in [3.8, 4) is 0 Å². The van der Waals surface area contributed by atoms with Crippen molar-refractivity contribution in [2.24, 2.45) is 5.73 Å². The maximum Gasteiger partial charge on any atom is 0.0642 e. The Kier molecular flexibility index (Phi) is 4.26. The summed E-state index contributed by atoms with van der Waals surface area (Å²) in [6.45, 7) is 5.42. The van der Waals surface area contributed by atoms with Crippen LogP contribution >= 0.6 is 11.6 Å². The Labute approximate surface area is 107 Å². The molecule has 0 radical (unpaired) electrons. The second kappa shape index (κ2) is 5.71. The molecule has 1 aromatic rings. The fourth-order valence-electron chi connectivity index (χ4n) is 2.17. The number of benzene rings is 1. The van der Waals surface area contributed by atoms with Crippen LogP contribution in [0.25, 0.3) is 0 Å². The van der Waals surface area contributed by atoms with E-state index in [9.17, 15) is 0 Å². The summed E-state index contributed by atoms with van der Waals surface area (Å²) in [4.78, 5) is 2.33. The van der Waals surface area contributed by atoms with Crippen LogP contribution in [0.15, 0.2) is 18.2 Å². The molecular formula is C13H19ClN2O. The number of halogens is 1. The molecule has 1 aliphatic rings. The van der Waals surface area contributed by atoms with Crippen LogP contribution in [0.2, 0.25) is 5.02 Å². The lowest BCUT2D eigenvalue weighted by Crippen LogP contribution is -2.37. The van der Waals surface area contributed by atoms with Gasteiger partial charge in [-0.2, -0.15) is 0 Å². The predicted molar refractivity (Wildman–Crippen MR) is 71.8 cm³/mol. The van der Waals surface area contributed by atoms with Gasteiger partial charge >= 0.3 is 0 Å². The van der Waals surface area contributed by atoms with Gasteiger partial charge < -0.3 is 15.4 Å². The van der Waals surface area contributed by atoms with E-state index in [1.165, 1.54) is 5.69 Å². The van der Waals surface area contributed by atoms with E-state index in [0.717, 1.165) is 43.3 Å². The maximum atomic E-state index is 6.28.